The molecule has 5 heteroatoms. The zero-order valence-corrected chi connectivity index (χ0v) is 10.3. The molecule has 0 bridgehead atoms. The number of nitrogens with zero attached hydrogens (tertiary/aromatic N) is 2. The van der Waals surface area contributed by atoms with Gasteiger partial charge in [-0.2, -0.15) is 5.10 Å². The lowest BCUT2D eigenvalue weighted by molar-refractivity contribution is 0.0950. The fourth-order valence-electron chi connectivity index (χ4n) is 1.44. The van der Waals surface area contributed by atoms with Crippen molar-refractivity contribution in [3.8, 4) is 0 Å². The Kier molecular flexibility index (Phi) is 3.97. The first kappa shape index (κ1) is 12.9. The van der Waals surface area contributed by atoms with Crippen molar-refractivity contribution in [1.29, 1.82) is 0 Å². The highest BCUT2D eigenvalue weighted by atomic mass is 19.1. The second-order valence-electron chi connectivity index (χ2n) is 3.86. The van der Waals surface area contributed by atoms with Gasteiger partial charge in [-0.3, -0.25) is 9.78 Å². The van der Waals surface area contributed by atoms with Crippen LogP contribution in [0.5, 0.6) is 0 Å². The van der Waals surface area contributed by atoms with Gasteiger partial charge < -0.3 is 0 Å². The third-order valence-corrected chi connectivity index (χ3v) is 2.48. The molecule has 0 unspecified atom stereocenters. The monoisotopic (exact) mass is 257 g/mol. The van der Waals surface area contributed by atoms with E-state index < -0.39 is 0 Å². The number of carbonyl (C=O) groups is 1. The van der Waals surface area contributed by atoms with Crippen molar-refractivity contribution in [2.75, 3.05) is 0 Å². The number of rotatable bonds is 3. The van der Waals surface area contributed by atoms with Crippen molar-refractivity contribution in [3.05, 3.63) is 65.7 Å². The molecule has 1 N–H and O–H groups in total. The van der Waals surface area contributed by atoms with Crippen molar-refractivity contribution < 1.29 is 9.18 Å². The zero-order valence-electron chi connectivity index (χ0n) is 10.3. The van der Waals surface area contributed by atoms with E-state index in [1.807, 2.05) is 0 Å². The number of nitrogens with one attached hydrogen (secondary N) is 1. The van der Waals surface area contributed by atoms with Gasteiger partial charge in [0.05, 0.1) is 5.71 Å². The first-order valence-corrected chi connectivity index (χ1v) is 5.68. The predicted octanol–water partition coefficient (Wildman–Crippen LogP) is 2.37. The Bertz CT molecular complexity index is 594. The van der Waals surface area contributed by atoms with Gasteiger partial charge in [0.2, 0.25) is 0 Å². The Labute approximate surface area is 110 Å². The smallest absolute Gasteiger partial charge is 0.266 e. The number of pyridine rings is 1. The molecule has 0 aliphatic carbocycles. The van der Waals surface area contributed by atoms with E-state index in [1.165, 1.54) is 18.3 Å². The first-order chi connectivity index (χ1) is 9.16. The Morgan fingerprint density at radius 3 is 2.58 bits per heavy atom. The van der Waals surface area contributed by atoms with E-state index >= 15 is 0 Å². The summed E-state index contributed by atoms with van der Waals surface area (Å²) in [4.78, 5) is 15.6. The van der Waals surface area contributed by atoms with Crippen LogP contribution < -0.4 is 5.43 Å². The van der Waals surface area contributed by atoms with Gasteiger partial charge in [0.15, 0.2) is 0 Å². The molecule has 0 aliphatic heterocycles. The van der Waals surface area contributed by atoms with Crippen molar-refractivity contribution in [2.45, 2.75) is 6.92 Å². The van der Waals surface area contributed by atoms with Gasteiger partial charge in [0, 0.05) is 6.20 Å². The molecular weight excluding hydrogens is 245 g/mol. The Balaban J connectivity index is 2.06. The van der Waals surface area contributed by atoms with E-state index in [-0.39, 0.29) is 17.4 Å². The Morgan fingerprint density at radius 1 is 1.21 bits per heavy atom. The van der Waals surface area contributed by atoms with Crippen molar-refractivity contribution in [2.24, 2.45) is 5.10 Å². The molecule has 1 heterocycles. The van der Waals surface area contributed by atoms with Crippen LogP contribution in [0.3, 0.4) is 0 Å². The Hall–Kier alpha value is -2.56. The van der Waals surface area contributed by atoms with Crippen molar-refractivity contribution in [1.82, 2.24) is 10.4 Å². The summed E-state index contributed by atoms with van der Waals surface area (Å²) in [7, 11) is 0. The molecule has 1 amide bonds. The number of aromatic nitrogens is 1. The Morgan fingerprint density at radius 2 is 1.95 bits per heavy atom. The average Bonchev–Trinajstić information content (AvgIpc) is 2.46. The molecule has 0 fully saturated rings. The standard InChI is InChI=1S/C14H12FN3O/c1-10(11-5-7-12(15)8-6-11)17-18-14(19)13-4-2-3-9-16-13/h2-9H,1H3,(H,18,19). The lowest BCUT2D eigenvalue weighted by Gasteiger charge is -2.02. The molecule has 1 aromatic heterocycles. The minimum absolute atomic E-state index is 0.290. The minimum atomic E-state index is -0.387. The largest absolute Gasteiger partial charge is 0.289 e. The van der Waals surface area contributed by atoms with Crippen LogP contribution in [0.2, 0.25) is 0 Å². The molecule has 0 radical (unpaired) electrons. The molecule has 2 rings (SSSR count). The molecule has 2 aromatic rings. The van der Waals surface area contributed by atoms with E-state index in [1.54, 1.807) is 37.3 Å². The highest BCUT2D eigenvalue weighted by Gasteiger charge is 2.05. The second kappa shape index (κ2) is 5.86. The molecule has 4 nitrogen and oxygen atoms in total. The molecular formula is C14H12FN3O. The molecule has 0 atom stereocenters. The maximum absolute atomic E-state index is 12.8. The van der Waals surface area contributed by atoms with Gasteiger partial charge in [-0.1, -0.05) is 18.2 Å². The number of carbonyl (C=O) groups excluding carboxylic acids is 1. The minimum Gasteiger partial charge on any atom is -0.266 e. The fraction of sp³-hybridized carbons (Fsp3) is 0.0714. The summed E-state index contributed by atoms with van der Waals surface area (Å²) in [6.07, 6.45) is 1.53. The number of hydrogen-bond donors (Lipinski definition) is 1. The lowest BCUT2D eigenvalue weighted by Crippen LogP contribution is -2.20. The van der Waals surface area contributed by atoms with Crippen LogP contribution in [0.15, 0.2) is 53.8 Å². The van der Waals surface area contributed by atoms with Crippen LogP contribution in [0.4, 0.5) is 4.39 Å². The highest BCUT2D eigenvalue weighted by Crippen LogP contribution is 2.04. The van der Waals surface area contributed by atoms with E-state index in [9.17, 15) is 9.18 Å². The number of benzene rings is 1. The second-order valence-corrected chi connectivity index (χ2v) is 3.86. The summed E-state index contributed by atoms with van der Waals surface area (Å²) >= 11 is 0. The van der Waals surface area contributed by atoms with E-state index in [0.29, 0.717) is 5.71 Å². The quantitative estimate of drug-likeness (QED) is 0.678. The first-order valence-electron chi connectivity index (χ1n) is 5.68. The van der Waals surface area contributed by atoms with Crippen LogP contribution in [-0.4, -0.2) is 16.6 Å². The van der Waals surface area contributed by atoms with Gasteiger partial charge in [-0.05, 0) is 36.8 Å². The summed E-state index contributed by atoms with van der Waals surface area (Å²) in [6.45, 7) is 1.73. The summed E-state index contributed by atoms with van der Waals surface area (Å²) < 4.78 is 12.8. The van der Waals surface area contributed by atoms with Gasteiger partial charge in [0.1, 0.15) is 11.5 Å². The normalized spacial score (nSPS) is 11.2. The zero-order chi connectivity index (χ0) is 13.7. The van der Waals surface area contributed by atoms with E-state index in [0.717, 1.165) is 5.56 Å². The van der Waals surface area contributed by atoms with E-state index in [4.69, 9.17) is 0 Å². The summed E-state index contributed by atoms with van der Waals surface area (Å²) in [5, 5.41) is 3.96. The molecule has 96 valence electrons. The number of hydrogen-bond acceptors (Lipinski definition) is 3. The topological polar surface area (TPSA) is 54.4 Å². The lowest BCUT2D eigenvalue weighted by atomic mass is 10.1. The maximum Gasteiger partial charge on any atom is 0.289 e. The molecule has 0 aliphatic rings. The van der Waals surface area contributed by atoms with Gasteiger partial charge >= 0.3 is 0 Å². The van der Waals surface area contributed by atoms with Gasteiger partial charge in [-0.15, -0.1) is 0 Å². The predicted molar refractivity (Wildman–Crippen MR) is 70.3 cm³/mol. The van der Waals surface area contributed by atoms with Crippen LogP contribution in [-0.2, 0) is 0 Å². The molecule has 1 aromatic carbocycles. The summed E-state index contributed by atoms with van der Waals surface area (Å²) in [5.74, 6) is -0.698. The summed E-state index contributed by atoms with van der Waals surface area (Å²) in [5.41, 5.74) is 4.02. The third-order valence-electron chi connectivity index (χ3n) is 2.48. The highest BCUT2D eigenvalue weighted by molar-refractivity contribution is 6.00. The van der Waals surface area contributed by atoms with E-state index in [2.05, 4.69) is 15.5 Å². The maximum atomic E-state index is 12.8. The fourth-order valence-corrected chi connectivity index (χ4v) is 1.44. The van der Waals surface area contributed by atoms with Gasteiger partial charge in [-0.25, -0.2) is 9.82 Å². The van der Waals surface area contributed by atoms with Crippen LogP contribution in [0, 0.1) is 5.82 Å². The number of amides is 1. The molecule has 0 saturated heterocycles. The van der Waals surface area contributed by atoms with Crippen molar-refractivity contribution in [3.63, 3.8) is 0 Å². The number of halogens is 1. The van der Waals surface area contributed by atoms with Gasteiger partial charge in [0.25, 0.3) is 5.91 Å². The van der Waals surface area contributed by atoms with Crippen molar-refractivity contribution >= 4 is 11.6 Å². The molecule has 19 heavy (non-hydrogen) atoms. The van der Waals surface area contributed by atoms with Crippen LogP contribution in [0.1, 0.15) is 23.0 Å². The number of hydrazone groups is 1. The average molecular weight is 257 g/mol. The summed E-state index contributed by atoms with van der Waals surface area (Å²) in [6, 6.07) is 10.9. The molecule has 0 saturated carbocycles. The van der Waals surface area contributed by atoms with Crippen LogP contribution >= 0.6 is 0 Å². The van der Waals surface area contributed by atoms with Crippen LogP contribution in [0.25, 0.3) is 0 Å². The third kappa shape index (κ3) is 3.45. The molecule has 0 spiro atoms. The SMILES string of the molecule is CC(=NNC(=O)c1ccccn1)c1ccc(F)cc1.